The number of anilines is 6. The molecule has 0 bridgehead atoms. The van der Waals surface area contributed by atoms with Crippen molar-refractivity contribution in [2.75, 3.05) is 9.80 Å². The van der Waals surface area contributed by atoms with Crippen molar-refractivity contribution in [3.05, 3.63) is 210 Å². The highest BCUT2D eigenvalue weighted by Gasteiger charge is 2.47. The number of fused-ring (bicyclic) bond motifs is 11. The lowest BCUT2D eigenvalue weighted by Gasteiger charge is -2.29. The summed E-state index contributed by atoms with van der Waals surface area (Å²) in [5, 5.41) is 5.17. The predicted octanol–water partition coefficient (Wildman–Crippen LogP) is 15.2. The van der Waals surface area contributed by atoms with E-state index in [1.807, 2.05) is 0 Å². The van der Waals surface area contributed by atoms with E-state index in [0.717, 1.165) is 28.4 Å². The Hall–Kier alpha value is -7.10. The maximum absolute atomic E-state index is 2.68. The van der Waals surface area contributed by atoms with Crippen LogP contribution in [-0.4, -0.2) is 4.40 Å². The smallest absolute Gasteiger partial charge is 0.0636 e. The van der Waals surface area contributed by atoms with Crippen LogP contribution in [0.5, 0.6) is 0 Å². The molecule has 0 unspecified atom stereocenters. The van der Waals surface area contributed by atoms with Gasteiger partial charge in [0.1, 0.15) is 0 Å². The van der Waals surface area contributed by atoms with Crippen LogP contribution in [0.3, 0.4) is 0 Å². The zero-order valence-corrected chi connectivity index (χ0v) is 33.7. The van der Waals surface area contributed by atoms with Gasteiger partial charge in [-0.2, -0.15) is 0 Å². The van der Waals surface area contributed by atoms with E-state index in [9.17, 15) is 0 Å². The molecule has 282 valence electrons. The molecule has 3 nitrogen and oxygen atoms in total. The van der Waals surface area contributed by atoms with Crippen molar-refractivity contribution in [3.63, 3.8) is 0 Å². The summed E-state index contributed by atoms with van der Waals surface area (Å²) >= 11 is 0. The summed E-state index contributed by atoms with van der Waals surface area (Å²) in [4.78, 5) is 4.83. The van der Waals surface area contributed by atoms with E-state index in [4.69, 9.17) is 0 Å². The monoisotopic (exact) mass is 757 g/mol. The van der Waals surface area contributed by atoms with Crippen LogP contribution in [0, 0.1) is 0 Å². The minimum atomic E-state index is -0.218. The Kier molecular flexibility index (Phi) is 7.03. The predicted molar refractivity (Wildman–Crippen MR) is 248 cm³/mol. The lowest BCUT2D eigenvalue weighted by molar-refractivity contribution is 0.665. The Bertz CT molecular complexity index is 3170. The maximum atomic E-state index is 2.68. The molecule has 0 radical (unpaired) electrons. The van der Waals surface area contributed by atoms with Gasteiger partial charge >= 0.3 is 0 Å². The van der Waals surface area contributed by atoms with Crippen LogP contribution in [0.15, 0.2) is 188 Å². The van der Waals surface area contributed by atoms with Crippen LogP contribution in [-0.2, 0) is 10.8 Å². The van der Waals surface area contributed by atoms with Gasteiger partial charge in [-0.15, -0.1) is 0 Å². The van der Waals surface area contributed by atoms with Crippen molar-refractivity contribution >= 4 is 61.2 Å². The molecule has 2 aliphatic rings. The minimum absolute atomic E-state index is 0.215. The molecule has 3 heteroatoms. The Morgan fingerprint density at radius 1 is 0.390 bits per heavy atom. The topological polar surface area (TPSA) is 10.9 Å². The quantitative estimate of drug-likeness (QED) is 0.167. The third-order valence-corrected chi connectivity index (χ3v) is 13.4. The molecular formula is C56H43N3. The molecule has 0 N–H and O–H groups in total. The number of hydrogen-bond acceptors (Lipinski definition) is 2. The number of benzene rings is 8. The highest BCUT2D eigenvalue weighted by molar-refractivity contribution is 6.18. The fourth-order valence-electron chi connectivity index (χ4n) is 10.8. The lowest BCUT2D eigenvalue weighted by atomic mass is 9.79. The Balaban J connectivity index is 1.17. The van der Waals surface area contributed by atoms with Crippen molar-refractivity contribution in [3.8, 4) is 22.5 Å². The largest absolute Gasteiger partial charge is 0.310 e. The van der Waals surface area contributed by atoms with E-state index in [0.29, 0.717) is 0 Å². The summed E-state index contributed by atoms with van der Waals surface area (Å²) < 4.78 is 2.68. The fourth-order valence-corrected chi connectivity index (χ4v) is 10.8. The number of aromatic nitrogens is 1. The summed E-state index contributed by atoms with van der Waals surface area (Å²) in [6, 6.07) is 69.0. The summed E-state index contributed by atoms with van der Waals surface area (Å²) in [5.74, 6) is 0. The summed E-state index contributed by atoms with van der Waals surface area (Å²) in [7, 11) is 0. The van der Waals surface area contributed by atoms with Crippen LogP contribution < -0.4 is 9.80 Å². The molecular weight excluding hydrogens is 715 g/mol. The van der Waals surface area contributed by atoms with Crippen molar-refractivity contribution in [1.29, 1.82) is 0 Å². The van der Waals surface area contributed by atoms with Gasteiger partial charge in [-0.3, -0.25) is 0 Å². The number of hydrogen-bond donors (Lipinski definition) is 0. The molecule has 0 saturated carbocycles. The van der Waals surface area contributed by atoms with Gasteiger partial charge in [0.2, 0.25) is 0 Å². The zero-order valence-electron chi connectivity index (χ0n) is 33.7. The Morgan fingerprint density at radius 3 is 1.53 bits per heavy atom. The van der Waals surface area contributed by atoms with Gasteiger partial charge in [0, 0.05) is 61.2 Å². The Labute approximate surface area is 345 Å². The van der Waals surface area contributed by atoms with E-state index < -0.39 is 0 Å². The second kappa shape index (κ2) is 12.2. The van der Waals surface area contributed by atoms with Crippen molar-refractivity contribution in [2.24, 2.45) is 0 Å². The average Bonchev–Trinajstić information content (AvgIpc) is 3.94. The van der Waals surface area contributed by atoms with Crippen molar-refractivity contribution in [1.82, 2.24) is 4.40 Å². The van der Waals surface area contributed by atoms with E-state index in [1.165, 1.54) is 77.5 Å². The number of para-hydroxylation sites is 4. The highest BCUT2D eigenvalue weighted by Crippen LogP contribution is 2.62. The van der Waals surface area contributed by atoms with E-state index in [1.54, 1.807) is 0 Å². The molecule has 0 aliphatic heterocycles. The van der Waals surface area contributed by atoms with Crippen LogP contribution in [0.4, 0.5) is 34.1 Å². The first-order valence-electron chi connectivity index (χ1n) is 20.8. The van der Waals surface area contributed by atoms with Gasteiger partial charge in [-0.05, 0) is 112 Å². The highest BCUT2D eigenvalue weighted by atomic mass is 15.2. The first-order valence-corrected chi connectivity index (χ1v) is 20.8. The van der Waals surface area contributed by atoms with Crippen LogP contribution in [0.25, 0.3) is 49.6 Å². The average molecular weight is 758 g/mol. The SMILES string of the molecule is CC1(C)c2cc3ccc(N(c4ccccc4)c4ccccc4)cc3cc2-c2c1c1ccc(N(c3ccccc3)c3ccccc3)c3c4c(n2c13)-c1ccccc1C4(C)C. The Morgan fingerprint density at radius 2 is 0.915 bits per heavy atom. The molecule has 0 fully saturated rings. The normalized spacial score (nSPS) is 14.4. The standard InChI is InChI=1S/C56H43N3/c1-55(2)46-28-18-17-27-43(46)53-51(55)49-48(58(40-23-13-7-14-24-40)41-25-15-8-16-26-41)32-31-44-50-54(59(53)52(44)49)45-34-37-33-42(30-29-36(37)35-47(45)56(50,3)4)57(38-19-9-5-10-20-38)39-21-11-6-12-22-39/h5-35H,1-4H3. The molecule has 0 saturated heterocycles. The van der Waals surface area contributed by atoms with Gasteiger partial charge < -0.3 is 14.2 Å². The molecule has 12 rings (SSSR count). The zero-order chi connectivity index (χ0) is 39.6. The maximum Gasteiger partial charge on any atom is 0.0636 e. The van der Waals surface area contributed by atoms with E-state index >= 15 is 0 Å². The van der Waals surface area contributed by atoms with Gasteiger partial charge in [0.25, 0.3) is 0 Å². The molecule has 2 aromatic heterocycles. The molecule has 2 heterocycles. The molecule has 59 heavy (non-hydrogen) atoms. The first kappa shape index (κ1) is 34.0. The third kappa shape index (κ3) is 4.64. The summed E-state index contributed by atoms with van der Waals surface area (Å²) in [6.45, 7) is 9.73. The van der Waals surface area contributed by atoms with E-state index in [-0.39, 0.29) is 10.8 Å². The minimum Gasteiger partial charge on any atom is -0.310 e. The molecule has 10 aromatic rings. The lowest BCUT2D eigenvalue weighted by Crippen LogP contribution is -2.17. The molecule has 8 aromatic carbocycles. The van der Waals surface area contributed by atoms with Crippen LogP contribution >= 0.6 is 0 Å². The number of nitrogens with zero attached hydrogens (tertiary/aromatic N) is 3. The molecule has 0 atom stereocenters. The van der Waals surface area contributed by atoms with Gasteiger partial charge in [0.15, 0.2) is 0 Å². The fraction of sp³-hybridized carbons (Fsp3) is 0.107. The van der Waals surface area contributed by atoms with Crippen LogP contribution in [0.1, 0.15) is 49.9 Å². The number of rotatable bonds is 6. The van der Waals surface area contributed by atoms with Gasteiger partial charge in [-0.1, -0.05) is 137 Å². The first-order chi connectivity index (χ1) is 28.8. The van der Waals surface area contributed by atoms with Gasteiger partial charge in [0.05, 0.1) is 22.6 Å². The second-order valence-electron chi connectivity index (χ2n) is 17.4. The molecule has 0 amide bonds. The van der Waals surface area contributed by atoms with Crippen molar-refractivity contribution < 1.29 is 0 Å². The van der Waals surface area contributed by atoms with Crippen molar-refractivity contribution in [2.45, 2.75) is 38.5 Å². The van der Waals surface area contributed by atoms with Gasteiger partial charge in [-0.25, -0.2) is 0 Å². The van der Waals surface area contributed by atoms with Crippen LogP contribution in [0.2, 0.25) is 0 Å². The third-order valence-electron chi connectivity index (χ3n) is 13.4. The molecule has 2 aliphatic carbocycles. The summed E-state index contributed by atoms with van der Waals surface area (Å²) in [5.41, 5.74) is 18.7. The van der Waals surface area contributed by atoms with E-state index in [2.05, 4.69) is 230 Å². The summed E-state index contributed by atoms with van der Waals surface area (Å²) in [6.07, 6.45) is 0. The molecule has 0 spiro atoms. The second-order valence-corrected chi connectivity index (χ2v) is 17.4.